The summed E-state index contributed by atoms with van der Waals surface area (Å²) in [5.41, 5.74) is -2.49. The maximum absolute atomic E-state index is 12.8. The molecule has 2 atom stereocenters. The van der Waals surface area contributed by atoms with Crippen molar-refractivity contribution in [3.05, 3.63) is 34.9 Å². The molecule has 0 aromatic heterocycles. The molecule has 6 nitrogen and oxygen atoms in total. The summed E-state index contributed by atoms with van der Waals surface area (Å²) in [6.07, 6.45) is -8.70. The summed E-state index contributed by atoms with van der Waals surface area (Å²) in [4.78, 5) is 22.3. The van der Waals surface area contributed by atoms with Crippen LogP contribution in [0.5, 0.6) is 0 Å². The highest BCUT2D eigenvalue weighted by Gasteiger charge is 2.32. The number of aliphatic hydroxyl groups excluding tert-OH is 2. The van der Waals surface area contributed by atoms with Crippen molar-refractivity contribution < 1.29 is 37.7 Å². The first-order valence-corrected chi connectivity index (χ1v) is 7.34. The fourth-order valence-corrected chi connectivity index (χ4v) is 1.91. The molecule has 0 saturated carbocycles. The van der Waals surface area contributed by atoms with Gasteiger partial charge in [0.15, 0.2) is 0 Å². The van der Waals surface area contributed by atoms with Crippen LogP contribution in [0, 0.1) is 0 Å². The smallest absolute Gasteiger partial charge is 0.416 e. The second-order valence-electron chi connectivity index (χ2n) is 6.40. The SMILES string of the molecule is CC(C)(C)OC(=O)NCC(O)C(O)c1cc(C=O)cc(C(F)(F)F)c1. The number of alkyl halides is 3. The van der Waals surface area contributed by atoms with E-state index >= 15 is 0 Å². The molecule has 3 N–H and O–H groups in total. The van der Waals surface area contributed by atoms with Crippen LogP contribution in [0.4, 0.5) is 18.0 Å². The van der Waals surface area contributed by atoms with Crippen LogP contribution in [0.25, 0.3) is 0 Å². The van der Waals surface area contributed by atoms with Gasteiger partial charge in [0, 0.05) is 12.1 Å². The lowest BCUT2D eigenvalue weighted by molar-refractivity contribution is -0.137. The van der Waals surface area contributed by atoms with Crippen LogP contribution in [0.15, 0.2) is 18.2 Å². The van der Waals surface area contributed by atoms with Gasteiger partial charge in [0.2, 0.25) is 0 Å². The zero-order valence-electron chi connectivity index (χ0n) is 13.9. The van der Waals surface area contributed by atoms with Crippen molar-refractivity contribution in [1.29, 1.82) is 0 Å². The third-order valence-electron chi connectivity index (χ3n) is 3.00. The van der Waals surface area contributed by atoms with E-state index in [9.17, 15) is 33.0 Å². The monoisotopic (exact) mass is 363 g/mol. The van der Waals surface area contributed by atoms with E-state index in [4.69, 9.17) is 4.74 Å². The first-order valence-electron chi connectivity index (χ1n) is 7.34. The Kier molecular flexibility index (Phi) is 6.55. The summed E-state index contributed by atoms with van der Waals surface area (Å²) >= 11 is 0. The van der Waals surface area contributed by atoms with Gasteiger partial charge in [-0.2, -0.15) is 13.2 Å². The molecule has 0 heterocycles. The van der Waals surface area contributed by atoms with Crippen molar-refractivity contribution in [3.8, 4) is 0 Å². The molecule has 1 aromatic rings. The van der Waals surface area contributed by atoms with Gasteiger partial charge in [-0.25, -0.2) is 4.79 Å². The second-order valence-corrected chi connectivity index (χ2v) is 6.40. The average molecular weight is 363 g/mol. The third kappa shape index (κ3) is 6.71. The number of carbonyl (C=O) groups is 2. The highest BCUT2D eigenvalue weighted by molar-refractivity contribution is 5.75. The number of aliphatic hydroxyl groups is 2. The van der Waals surface area contributed by atoms with E-state index in [-0.39, 0.29) is 17.4 Å². The quantitative estimate of drug-likeness (QED) is 0.699. The van der Waals surface area contributed by atoms with Gasteiger partial charge in [0.1, 0.15) is 24.1 Å². The molecule has 25 heavy (non-hydrogen) atoms. The van der Waals surface area contributed by atoms with E-state index in [2.05, 4.69) is 5.32 Å². The number of halogens is 3. The second kappa shape index (κ2) is 7.83. The average Bonchev–Trinajstić information content (AvgIpc) is 2.48. The van der Waals surface area contributed by atoms with E-state index in [0.717, 1.165) is 6.07 Å². The fraction of sp³-hybridized carbons (Fsp3) is 0.500. The highest BCUT2D eigenvalue weighted by Crippen LogP contribution is 2.32. The minimum atomic E-state index is -4.72. The molecular weight excluding hydrogens is 343 g/mol. The standard InChI is InChI=1S/C16H20F3NO5/c1-15(2,3)25-14(24)20-7-12(22)13(23)10-4-9(8-21)5-11(6-10)16(17,18)19/h4-6,8,12-13,22-23H,7H2,1-3H3,(H,20,24). The molecular formula is C16H20F3NO5. The zero-order chi connectivity index (χ0) is 19.4. The number of aldehydes is 1. The van der Waals surface area contributed by atoms with Crippen molar-refractivity contribution in [3.63, 3.8) is 0 Å². The Morgan fingerprint density at radius 2 is 1.84 bits per heavy atom. The van der Waals surface area contributed by atoms with Crippen molar-refractivity contribution >= 4 is 12.4 Å². The number of ether oxygens (including phenoxy) is 1. The van der Waals surface area contributed by atoms with Crippen LogP contribution < -0.4 is 5.32 Å². The Bertz CT molecular complexity index is 625. The zero-order valence-corrected chi connectivity index (χ0v) is 13.9. The first kappa shape index (κ1) is 20.9. The predicted molar refractivity (Wildman–Crippen MR) is 82.0 cm³/mol. The van der Waals surface area contributed by atoms with E-state index in [0.29, 0.717) is 12.1 Å². The maximum Gasteiger partial charge on any atom is 0.416 e. The summed E-state index contributed by atoms with van der Waals surface area (Å²) in [5, 5.41) is 22.1. The van der Waals surface area contributed by atoms with Gasteiger partial charge >= 0.3 is 12.3 Å². The topological polar surface area (TPSA) is 95.9 Å². The number of rotatable bonds is 5. The van der Waals surface area contributed by atoms with E-state index in [1.807, 2.05) is 0 Å². The molecule has 0 bridgehead atoms. The number of hydrogen-bond acceptors (Lipinski definition) is 5. The molecule has 1 amide bonds. The minimum Gasteiger partial charge on any atom is -0.444 e. The Balaban J connectivity index is 2.86. The summed E-state index contributed by atoms with van der Waals surface area (Å²) in [7, 11) is 0. The Morgan fingerprint density at radius 3 is 2.32 bits per heavy atom. The Labute approximate surface area is 142 Å². The Morgan fingerprint density at radius 1 is 1.24 bits per heavy atom. The van der Waals surface area contributed by atoms with Crippen LogP contribution in [-0.2, 0) is 10.9 Å². The Hall–Kier alpha value is -2.13. The lowest BCUT2D eigenvalue weighted by Crippen LogP contribution is -2.38. The predicted octanol–water partition coefficient (Wildman–Crippen LogP) is 2.44. The minimum absolute atomic E-state index is 0.205. The number of benzene rings is 1. The van der Waals surface area contributed by atoms with Gasteiger partial charge in [0.05, 0.1) is 5.56 Å². The number of hydrogen-bond donors (Lipinski definition) is 3. The van der Waals surface area contributed by atoms with Crippen molar-refractivity contribution in [1.82, 2.24) is 5.32 Å². The van der Waals surface area contributed by atoms with Gasteiger partial charge in [-0.05, 0) is 44.5 Å². The number of nitrogens with one attached hydrogen (secondary N) is 1. The summed E-state index contributed by atoms with van der Waals surface area (Å²) in [5.74, 6) is 0. The van der Waals surface area contributed by atoms with Crippen molar-refractivity contribution in [2.75, 3.05) is 6.54 Å². The van der Waals surface area contributed by atoms with Crippen LogP contribution in [0.3, 0.4) is 0 Å². The van der Waals surface area contributed by atoms with Crippen molar-refractivity contribution in [2.24, 2.45) is 0 Å². The van der Waals surface area contributed by atoms with Gasteiger partial charge in [-0.1, -0.05) is 0 Å². The normalized spacial score (nSPS) is 14.6. The molecule has 1 aromatic carbocycles. The third-order valence-corrected chi connectivity index (χ3v) is 3.00. The maximum atomic E-state index is 12.8. The lowest BCUT2D eigenvalue weighted by Gasteiger charge is -2.22. The molecule has 0 saturated heterocycles. The molecule has 0 spiro atoms. The molecule has 140 valence electrons. The molecule has 0 fully saturated rings. The summed E-state index contributed by atoms with van der Waals surface area (Å²) in [6, 6.07) is 2.30. The molecule has 0 aliphatic heterocycles. The molecule has 2 unspecified atom stereocenters. The van der Waals surface area contributed by atoms with Gasteiger partial charge in [-0.3, -0.25) is 4.79 Å². The van der Waals surface area contributed by atoms with Gasteiger partial charge in [0.25, 0.3) is 0 Å². The largest absolute Gasteiger partial charge is 0.444 e. The summed E-state index contributed by atoms with van der Waals surface area (Å²) < 4.78 is 43.4. The van der Waals surface area contributed by atoms with E-state index in [1.165, 1.54) is 0 Å². The fourth-order valence-electron chi connectivity index (χ4n) is 1.91. The highest BCUT2D eigenvalue weighted by atomic mass is 19.4. The molecule has 0 radical (unpaired) electrons. The van der Waals surface area contributed by atoms with Gasteiger partial charge in [-0.15, -0.1) is 0 Å². The molecule has 0 aliphatic rings. The number of alkyl carbamates (subject to hydrolysis) is 1. The lowest BCUT2D eigenvalue weighted by atomic mass is 9.99. The van der Waals surface area contributed by atoms with E-state index < -0.39 is 42.2 Å². The summed E-state index contributed by atoms with van der Waals surface area (Å²) in [6.45, 7) is 4.42. The van der Waals surface area contributed by atoms with Crippen molar-refractivity contribution in [2.45, 2.75) is 44.8 Å². The van der Waals surface area contributed by atoms with Gasteiger partial charge < -0.3 is 20.3 Å². The van der Waals surface area contributed by atoms with Crippen LogP contribution in [0.1, 0.15) is 48.4 Å². The number of carbonyl (C=O) groups excluding carboxylic acids is 2. The van der Waals surface area contributed by atoms with E-state index in [1.54, 1.807) is 20.8 Å². The molecule has 1 rings (SSSR count). The first-order chi connectivity index (χ1) is 11.3. The molecule has 0 aliphatic carbocycles. The number of amides is 1. The van der Waals surface area contributed by atoms with Crippen LogP contribution >= 0.6 is 0 Å². The van der Waals surface area contributed by atoms with Crippen LogP contribution in [-0.4, -0.2) is 40.8 Å². The van der Waals surface area contributed by atoms with Crippen LogP contribution in [0.2, 0.25) is 0 Å². The molecule has 9 heteroatoms.